The molecular weight excluding hydrogens is 444 g/mol. The zero-order valence-electron chi connectivity index (χ0n) is 23.6. The predicted molar refractivity (Wildman–Crippen MR) is 147 cm³/mol. The molecule has 1 fully saturated rings. The molecule has 1 amide bonds. The number of rotatable bonds is 9. The second-order valence-corrected chi connectivity index (χ2v) is 8.97. The molecule has 2 rings (SSSR count). The molecular formula is C28H52N2O5. The van der Waals surface area contributed by atoms with Gasteiger partial charge in [-0.05, 0) is 91.3 Å². The number of benzene rings is 1. The lowest BCUT2D eigenvalue weighted by molar-refractivity contribution is 0.0496. The van der Waals surface area contributed by atoms with Crippen LogP contribution in [0, 0.1) is 0 Å². The third-order valence-electron chi connectivity index (χ3n) is 4.63. The van der Waals surface area contributed by atoms with Crippen molar-refractivity contribution in [2.24, 2.45) is 0 Å². The highest BCUT2D eigenvalue weighted by atomic mass is 16.6. The Morgan fingerprint density at radius 2 is 1.63 bits per heavy atom. The molecule has 0 saturated heterocycles. The van der Waals surface area contributed by atoms with E-state index in [0.29, 0.717) is 18.9 Å². The number of methoxy groups -OCH3 is 2. The van der Waals surface area contributed by atoms with Crippen molar-refractivity contribution in [3.63, 3.8) is 0 Å². The van der Waals surface area contributed by atoms with E-state index in [0.717, 1.165) is 31.6 Å². The van der Waals surface area contributed by atoms with Gasteiger partial charge < -0.3 is 30.0 Å². The highest BCUT2D eigenvalue weighted by Gasteiger charge is 2.20. The average molecular weight is 497 g/mol. The van der Waals surface area contributed by atoms with Gasteiger partial charge in [0.2, 0.25) is 0 Å². The quantitative estimate of drug-likeness (QED) is 0.225. The van der Waals surface area contributed by atoms with Gasteiger partial charge in [-0.3, -0.25) is 0 Å². The largest absolute Gasteiger partial charge is 0.444 e. The van der Waals surface area contributed by atoms with Crippen molar-refractivity contribution in [3.8, 4) is 0 Å². The van der Waals surface area contributed by atoms with E-state index in [-0.39, 0.29) is 6.04 Å². The number of hydrogen-bond donors (Lipinski definition) is 2. The van der Waals surface area contributed by atoms with E-state index in [1.807, 2.05) is 65.8 Å². The number of ether oxygens (including phenoxy) is 4. The van der Waals surface area contributed by atoms with E-state index in [1.54, 1.807) is 14.2 Å². The molecule has 204 valence electrons. The maximum Gasteiger partial charge on any atom is 0.408 e. The number of hydrogen-bond acceptors (Lipinski definition) is 6. The van der Waals surface area contributed by atoms with Crippen LogP contribution < -0.4 is 11.1 Å². The molecule has 1 aromatic carbocycles. The lowest BCUT2D eigenvalue weighted by atomic mass is 9.95. The first-order valence-electron chi connectivity index (χ1n) is 12.6. The van der Waals surface area contributed by atoms with Crippen molar-refractivity contribution in [2.45, 2.75) is 85.3 Å². The summed E-state index contributed by atoms with van der Waals surface area (Å²) in [6.45, 7) is 18.2. The summed E-state index contributed by atoms with van der Waals surface area (Å²) in [6, 6.07) is 7.41. The van der Waals surface area contributed by atoms with Crippen molar-refractivity contribution in [3.05, 3.63) is 42.0 Å². The first kappa shape index (κ1) is 35.1. The molecule has 1 aliphatic carbocycles. The van der Waals surface area contributed by atoms with E-state index in [9.17, 15) is 4.79 Å². The minimum Gasteiger partial charge on any atom is -0.444 e. The number of carbonyl (C=O) groups is 1. The molecule has 1 saturated carbocycles. The number of nitrogens with one attached hydrogen (secondary N) is 1. The SMILES string of the molecule is C=C1CCC1.CCOC.CCOC.CCOCCCC(NC(=O)OC(C)(C)C)c1cccc(N)c1. The van der Waals surface area contributed by atoms with Crippen LogP contribution in [-0.2, 0) is 18.9 Å². The predicted octanol–water partition coefficient (Wildman–Crippen LogP) is 6.68. The van der Waals surface area contributed by atoms with Crippen LogP contribution >= 0.6 is 0 Å². The van der Waals surface area contributed by atoms with Crippen LogP contribution in [0.2, 0.25) is 0 Å². The molecule has 0 bridgehead atoms. The van der Waals surface area contributed by atoms with Gasteiger partial charge >= 0.3 is 6.09 Å². The summed E-state index contributed by atoms with van der Waals surface area (Å²) in [5, 5.41) is 2.92. The lowest BCUT2D eigenvalue weighted by Gasteiger charge is -2.24. The fraction of sp³-hybridized carbons (Fsp3) is 0.679. The van der Waals surface area contributed by atoms with Crippen molar-refractivity contribution < 1.29 is 23.7 Å². The Bertz CT molecular complexity index is 645. The smallest absolute Gasteiger partial charge is 0.408 e. The van der Waals surface area contributed by atoms with Crippen molar-refractivity contribution in [2.75, 3.05) is 46.4 Å². The van der Waals surface area contributed by atoms with Gasteiger partial charge in [-0.1, -0.05) is 24.3 Å². The van der Waals surface area contributed by atoms with Gasteiger partial charge in [0.05, 0.1) is 6.04 Å². The molecule has 1 atom stereocenters. The normalized spacial score (nSPS) is 12.9. The van der Waals surface area contributed by atoms with Crippen LogP contribution in [-0.4, -0.2) is 52.3 Å². The Balaban J connectivity index is 0. The molecule has 7 nitrogen and oxygen atoms in total. The zero-order chi connectivity index (χ0) is 27.1. The Hall–Kier alpha value is -2.09. The summed E-state index contributed by atoms with van der Waals surface area (Å²) >= 11 is 0. The van der Waals surface area contributed by atoms with E-state index in [2.05, 4.69) is 21.4 Å². The summed E-state index contributed by atoms with van der Waals surface area (Å²) < 4.78 is 19.8. The lowest BCUT2D eigenvalue weighted by Crippen LogP contribution is -2.35. The van der Waals surface area contributed by atoms with Gasteiger partial charge in [0.15, 0.2) is 0 Å². The Kier molecular flexibility index (Phi) is 22.4. The molecule has 0 aliphatic heterocycles. The van der Waals surface area contributed by atoms with Crippen molar-refractivity contribution in [1.82, 2.24) is 5.32 Å². The van der Waals surface area contributed by atoms with Gasteiger partial charge in [0.1, 0.15) is 5.60 Å². The average Bonchev–Trinajstić information content (AvgIpc) is 2.79. The third kappa shape index (κ3) is 23.4. The van der Waals surface area contributed by atoms with Crippen molar-refractivity contribution >= 4 is 11.8 Å². The molecule has 0 heterocycles. The monoisotopic (exact) mass is 496 g/mol. The number of alkyl carbamates (subject to hydrolysis) is 1. The van der Waals surface area contributed by atoms with Gasteiger partial charge in [-0.25, -0.2) is 4.79 Å². The fourth-order valence-corrected chi connectivity index (χ4v) is 2.51. The maximum atomic E-state index is 12.0. The summed E-state index contributed by atoms with van der Waals surface area (Å²) in [5.74, 6) is 0. The number of nitrogen functional groups attached to an aromatic ring is 1. The van der Waals surface area contributed by atoms with Gasteiger partial charge in [0.25, 0.3) is 0 Å². The van der Waals surface area contributed by atoms with E-state index in [4.69, 9.17) is 15.2 Å². The first-order valence-corrected chi connectivity index (χ1v) is 12.6. The minimum atomic E-state index is -0.518. The number of amides is 1. The number of anilines is 1. The second-order valence-electron chi connectivity index (χ2n) is 8.97. The number of nitrogens with two attached hydrogens (primary N) is 1. The van der Waals surface area contributed by atoms with Crippen LogP contribution in [0.4, 0.5) is 10.5 Å². The number of carbonyl (C=O) groups excluding carboxylic acids is 1. The maximum absolute atomic E-state index is 12.0. The van der Waals surface area contributed by atoms with Gasteiger partial charge in [0, 0.05) is 46.3 Å². The minimum absolute atomic E-state index is 0.140. The first-order chi connectivity index (χ1) is 16.5. The molecule has 0 radical (unpaired) electrons. The van der Waals surface area contributed by atoms with Crippen LogP contribution in [0.5, 0.6) is 0 Å². The Labute approximate surface area is 214 Å². The summed E-state index contributed by atoms with van der Waals surface area (Å²) in [6.07, 6.45) is 5.17. The van der Waals surface area contributed by atoms with Gasteiger partial charge in [-0.2, -0.15) is 0 Å². The van der Waals surface area contributed by atoms with Crippen LogP contribution in [0.25, 0.3) is 0 Å². The molecule has 1 unspecified atom stereocenters. The molecule has 0 aromatic heterocycles. The van der Waals surface area contributed by atoms with Crippen molar-refractivity contribution in [1.29, 1.82) is 0 Å². The van der Waals surface area contributed by atoms with E-state index in [1.165, 1.54) is 24.8 Å². The summed E-state index contributed by atoms with van der Waals surface area (Å²) in [7, 11) is 3.36. The van der Waals surface area contributed by atoms with Crippen LogP contribution in [0.15, 0.2) is 36.4 Å². The Morgan fingerprint density at radius 3 is 2.00 bits per heavy atom. The third-order valence-corrected chi connectivity index (χ3v) is 4.63. The fourth-order valence-electron chi connectivity index (χ4n) is 2.51. The molecule has 35 heavy (non-hydrogen) atoms. The second kappa shape index (κ2) is 22.4. The van der Waals surface area contributed by atoms with Crippen LogP contribution in [0.3, 0.4) is 0 Å². The van der Waals surface area contributed by atoms with Crippen LogP contribution in [0.1, 0.15) is 85.3 Å². The number of allylic oxidation sites excluding steroid dienone is 1. The molecule has 1 aromatic rings. The highest BCUT2D eigenvalue weighted by Crippen LogP contribution is 2.22. The molecule has 1 aliphatic rings. The molecule has 0 spiro atoms. The topological polar surface area (TPSA) is 92.0 Å². The molecule has 3 N–H and O–H groups in total. The molecule has 7 heteroatoms. The summed E-state index contributed by atoms with van der Waals surface area (Å²) in [4.78, 5) is 12.0. The van der Waals surface area contributed by atoms with E-state index >= 15 is 0 Å². The zero-order valence-corrected chi connectivity index (χ0v) is 23.6. The van der Waals surface area contributed by atoms with E-state index < -0.39 is 11.7 Å². The Morgan fingerprint density at radius 1 is 1.09 bits per heavy atom. The standard InChI is InChI=1S/C17H28N2O3.C5H8.2C3H8O/c1-5-21-11-7-10-15(13-8-6-9-14(18)12-13)19-16(20)22-17(2,3)4;1-5-3-2-4-5;2*1-3-4-2/h6,8-9,12,15H,5,7,10-11,18H2,1-4H3,(H,19,20);1-4H2;2*3H2,1-2H3. The van der Waals surface area contributed by atoms with Gasteiger partial charge in [-0.15, -0.1) is 0 Å². The summed E-state index contributed by atoms with van der Waals surface area (Å²) in [5.41, 5.74) is 8.41. The highest BCUT2D eigenvalue weighted by molar-refractivity contribution is 5.68.